The highest BCUT2D eigenvalue weighted by Crippen LogP contribution is 2.35. The smallest absolute Gasteiger partial charge is 0.283 e. The number of ether oxygens (including phenoxy) is 3. The summed E-state index contributed by atoms with van der Waals surface area (Å²) in [6, 6.07) is 0. The summed E-state index contributed by atoms with van der Waals surface area (Å²) in [6.45, 7) is 12.1. The third kappa shape index (κ3) is 6.30. The lowest BCUT2D eigenvalue weighted by molar-refractivity contribution is -0.381. The van der Waals surface area contributed by atoms with Gasteiger partial charge in [0.2, 0.25) is 0 Å². The quantitative estimate of drug-likeness (QED) is 0.473. The minimum absolute atomic E-state index is 0.250. The highest BCUT2D eigenvalue weighted by molar-refractivity contribution is 6.14. The molecular formula is C11H26O3Si. The fourth-order valence-corrected chi connectivity index (χ4v) is 2.02. The van der Waals surface area contributed by atoms with E-state index in [1.54, 1.807) is 0 Å². The summed E-state index contributed by atoms with van der Waals surface area (Å²) in [5.74, 6) is -0.830. The average Bonchev–Trinajstić information content (AvgIpc) is 2.01. The van der Waals surface area contributed by atoms with Gasteiger partial charge in [-0.05, 0) is 25.8 Å². The van der Waals surface area contributed by atoms with Gasteiger partial charge in [0.05, 0.1) is 0 Å². The maximum atomic E-state index is 5.66. The van der Waals surface area contributed by atoms with E-state index in [2.05, 4.69) is 13.8 Å². The first-order valence-electron chi connectivity index (χ1n) is 5.81. The molecule has 92 valence electrons. The van der Waals surface area contributed by atoms with Crippen molar-refractivity contribution in [3.05, 3.63) is 0 Å². The third-order valence-corrected chi connectivity index (χ3v) is 2.19. The summed E-state index contributed by atoms with van der Waals surface area (Å²) in [7, 11) is 1.09. The molecule has 0 heterocycles. The lowest BCUT2D eigenvalue weighted by atomic mass is 10.1. The number of hydrogen-bond donors (Lipinski definition) is 0. The van der Waals surface area contributed by atoms with E-state index in [9.17, 15) is 0 Å². The van der Waals surface area contributed by atoms with Crippen molar-refractivity contribution in [1.82, 2.24) is 0 Å². The molecular weight excluding hydrogens is 208 g/mol. The van der Waals surface area contributed by atoms with Crippen LogP contribution in [0.25, 0.3) is 0 Å². The van der Waals surface area contributed by atoms with Crippen molar-refractivity contribution in [2.24, 2.45) is 0 Å². The van der Waals surface area contributed by atoms with E-state index < -0.39 is 5.97 Å². The second-order valence-corrected chi connectivity index (χ2v) is 7.43. The van der Waals surface area contributed by atoms with Crippen LogP contribution < -0.4 is 0 Å². The second kappa shape index (κ2) is 6.63. The molecule has 4 heteroatoms. The van der Waals surface area contributed by atoms with Crippen LogP contribution in [0.3, 0.4) is 0 Å². The molecule has 15 heavy (non-hydrogen) atoms. The molecule has 0 fully saturated rings. The highest BCUT2D eigenvalue weighted by atomic mass is 28.1. The van der Waals surface area contributed by atoms with E-state index in [-0.39, 0.29) is 5.04 Å². The first kappa shape index (κ1) is 15.1. The molecule has 0 unspecified atom stereocenters. The fourth-order valence-electron chi connectivity index (χ4n) is 1.59. The van der Waals surface area contributed by atoms with Crippen LogP contribution in [0.4, 0.5) is 0 Å². The number of rotatable bonds is 8. The monoisotopic (exact) mass is 234 g/mol. The van der Waals surface area contributed by atoms with E-state index in [1.807, 2.05) is 20.8 Å². The molecule has 0 aliphatic rings. The molecule has 0 aromatic carbocycles. The lowest BCUT2D eigenvalue weighted by Crippen LogP contribution is -2.42. The van der Waals surface area contributed by atoms with Gasteiger partial charge in [-0.2, -0.15) is 0 Å². The predicted molar refractivity (Wildman–Crippen MR) is 66.2 cm³/mol. The van der Waals surface area contributed by atoms with Crippen LogP contribution in [-0.4, -0.2) is 36.0 Å². The molecule has 3 nitrogen and oxygen atoms in total. The summed E-state index contributed by atoms with van der Waals surface area (Å²) in [4.78, 5) is 0. The van der Waals surface area contributed by atoms with Crippen LogP contribution in [0.15, 0.2) is 0 Å². The van der Waals surface area contributed by atoms with Gasteiger partial charge in [0.1, 0.15) is 0 Å². The van der Waals surface area contributed by atoms with Crippen LogP contribution in [0.1, 0.15) is 41.0 Å². The predicted octanol–water partition coefficient (Wildman–Crippen LogP) is 1.70. The maximum Gasteiger partial charge on any atom is 0.283 e. The van der Waals surface area contributed by atoms with Crippen molar-refractivity contribution in [1.29, 1.82) is 0 Å². The van der Waals surface area contributed by atoms with Crippen LogP contribution in [0.2, 0.25) is 5.04 Å². The van der Waals surface area contributed by atoms with Gasteiger partial charge >= 0.3 is 0 Å². The Labute approximate surface area is 96.9 Å². The summed E-state index contributed by atoms with van der Waals surface area (Å²) in [5.41, 5.74) is 0. The minimum atomic E-state index is -0.830. The van der Waals surface area contributed by atoms with Gasteiger partial charge in [-0.3, -0.25) is 0 Å². The van der Waals surface area contributed by atoms with E-state index in [1.165, 1.54) is 0 Å². The molecule has 0 spiro atoms. The Kier molecular flexibility index (Phi) is 6.67. The van der Waals surface area contributed by atoms with Gasteiger partial charge in [0.15, 0.2) is 0 Å². The molecule has 0 aliphatic carbocycles. The second-order valence-electron chi connectivity index (χ2n) is 4.72. The van der Waals surface area contributed by atoms with Crippen molar-refractivity contribution >= 4 is 10.2 Å². The summed E-state index contributed by atoms with van der Waals surface area (Å²) in [5, 5.41) is 0.250. The van der Waals surface area contributed by atoms with Gasteiger partial charge in [-0.25, -0.2) is 0 Å². The van der Waals surface area contributed by atoms with Crippen LogP contribution in [0, 0.1) is 0 Å². The van der Waals surface area contributed by atoms with Crippen molar-refractivity contribution in [3.8, 4) is 0 Å². The summed E-state index contributed by atoms with van der Waals surface area (Å²) in [6.07, 6.45) is 0.793. The molecule has 0 N–H and O–H groups in total. The molecule has 0 aromatic rings. The van der Waals surface area contributed by atoms with E-state index in [0.29, 0.717) is 19.8 Å². The SMILES string of the molecule is CCOC(CC(C)(C)[SiH3])(OCC)OCC. The lowest BCUT2D eigenvalue weighted by Gasteiger charge is -2.37. The Morgan fingerprint density at radius 2 is 1.20 bits per heavy atom. The van der Waals surface area contributed by atoms with Crippen LogP contribution >= 0.6 is 0 Å². The zero-order valence-electron chi connectivity index (χ0n) is 11.1. The molecule has 0 aromatic heterocycles. The Morgan fingerprint density at radius 3 is 1.40 bits per heavy atom. The van der Waals surface area contributed by atoms with Gasteiger partial charge in [-0.1, -0.05) is 13.8 Å². The molecule has 0 saturated carbocycles. The van der Waals surface area contributed by atoms with Crippen molar-refractivity contribution in [2.45, 2.75) is 52.1 Å². The Bertz CT molecular complexity index is 149. The van der Waals surface area contributed by atoms with Gasteiger partial charge in [0.25, 0.3) is 5.97 Å². The first-order valence-corrected chi connectivity index (χ1v) is 6.81. The van der Waals surface area contributed by atoms with Gasteiger partial charge in [0, 0.05) is 36.5 Å². The van der Waals surface area contributed by atoms with Crippen LogP contribution in [0.5, 0.6) is 0 Å². The van der Waals surface area contributed by atoms with Crippen molar-refractivity contribution in [3.63, 3.8) is 0 Å². The largest absolute Gasteiger partial charge is 0.328 e. The zero-order valence-corrected chi connectivity index (χ0v) is 13.1. The molecule has 0 atom stereocenters. The van der Waals surface area contributed by atoms with Gasteiger partial charge < -0.3 is 14.2 Å². The minimum Gasteiger partial charge on any atom is -0.328 e. The van der Waals surface area contributed by atoms with Crippen LogP contribution in [-0.2, 0) is 14.2 Å². The molecule has 0 amide bonds. The highest BCUT2D eigenvalue weighted by Gasteiger charge is 2.37. The number of hydrogen-bond acceptors (Lipinski definition) is 3. The normalized spacial score (nSPS) is 13.4. The molecule has 0 radical (unpaired) electrons. The fraction of sp³-hybridized carbons (Fsp3) is 1.00. The van der Waals surface area contributed by atoms with Crippen molar-refractivity contribution < 1.29 is 14.2 Å². The third-order valence-electron chi connectivity index (χ3n) is 1.84. The average molecular weight is 234 g/mol. The van der Waals surface area contributed by atoms with Gasteiger partial charge in [-0.15, -0.1) is 0 Å². The Morgan fingerprint density at radius 1 is 0.867 bits per heavy atom. The zero-order chi connectivity index (χ0) is 11.9. The molecule has 0 saturated heterocycles. The van der Waals surface area contributed by atoms with E-state index in [0.717, 1.165) is 16.7 Å². The van der Waals surface area contributed by atoms with E-state index >= 15 is 0 Å². The van der Waals surface area contributed by atoms with E-state index in [4.69, 9.17) is 14.2 Å². The first-order chi connectivity index (χ1) is 6.89. The standard InChI is InChI=1S/C11H26O3Si/c1-6-12-11(13-7-2,14-8-3)9-10(4,5)15/h6-9H2,1-5,15H3. The molecule has 0 rings (SSSR count). The Balaban J connectivity index is 4.60. The summed E-state index contributed by atoms with van der Waals surface area (Å²) < 4.78 is 17.0. The van der Waals surface area contributed by atoms with Crippen molar-refractivity contribution in [2.75, 3.05) is 19.8 Å². The topological polar surface area (TPSA) is 27.7 Å². The summed E-state index contributed by atoms with van der Waals surface area (Å²) >= 11 is 0. The Hall–Kier alpha value is 0.0969. The molecule has 0 bridgehead atoms. The maximum absolute atomic E-state index is 5.66. The molecule has 0 aliphatic heterocycles.